The summed E-state index contributed by atoms with van der Waals surface area (Å²) in [5.74, 6) is 0.767. The van der Waals surface area contributed by atoms with E-state index in [2.05, 4.69) is 43.4 Å². The number of rotatable bonds is 8. The maximum Gasteiger partial charge on any atom is 0.0755 e. The summed E-state index contributed by atoms with van der Waals surface area (Å²) in [7, 11) is 1.86. The number of nitrogens with one attached hydrogen (secondary N) is 1. The maximum atomic E-state index is 5.78. The minimum absolute atomic E-state index is 0.367. The van der Waals surface area contributed by atoms with Crippen LogP contribution < -0.4 is 5.32 Å². The van der Waals surface area contributed by atoms with E-state index in [0.717, 1.165) is 18.9 Å². The predicted molar refractivity (Wildman–Crippen MR) is 80.5 cm³/mol. The molecule has 0 aromatic heterocycles. The van der Waals surface area contributed by atoms with Gasteiger partial charge < -0.3 is 10.1 Å². The maximum absolute atomic E-state index is 5.78. The number of ether oxygens (including phenoxy) is 1. The molecule has 0 saturated heterocycles. The zero-order valence-corrected chi connectivity index (χ0v) is 12.5. The van der Waals surface area contributed by atoms with Crippen LogP contribution >= 0.6 is 0 Å². The van der Waals surface area contributed by atoms with Crippen molar-refractivity contribution in [3.05, 3.63) is 35.4 Å². The fourth-order valence-electron chi connectivity index (χ4n) is 2.82. The number of hydrogen-bond donors (Lipinski definition) is 1. The standard InChI is InChI=1S/C17H27NO/c1-4-11-18-16(17(19-3)14-9-10-14)12-15-8-6-5-7-13(15)2/h5-8,14,16-18H,4,9-12H2,1-3H3. The van der Waals surface area contributed by atoms with Gasteiger partial charge in [0.15, 0.2) is 0 Å². The van der Waals surface area contributed by atoms with Gasteiger partial charge in [-0.2, -0.15) is 0 Å². The van der Waals surface area contributed by atoms with Gasteiger partial charge in [0.05, 0.1) is 6.10 Å². The minimum Gasteiger partial charge on any atom is -0.380 e. The van der Waals surface area contributed by atoms with Gasteiger partial charge in [-0.05, 0) is 56.2 Å². The molecule has 2 rings (SSSR count). The predicted octanol–water partition coefficient (Wildman–Crippen LogP) is 3.33. The Labute approximate surface area is 117 Å². The molecular formula is C17H27NO. The highest BCUT2D eigenvalue weighted by Gasteiger charge is 2.36. The van der Waals surface area contributed by atoms with Crippen molar-refractivity contribution >= 4 is 0 Å². The average Bonchev–Trinajstić information content (AvgIpc) is 3.23. The zero-order valence-electron chi connectivity index (χ0n) is 12.5. The largest absolute Gasteiger partial charge is 0.380 e. The normalized spacial score (nSPS) is 18.3. The molecule has 0 spiro atoms. The van der Waals surface area contributed by atoms with Crippen molar-refractivity contribution in [1.29, 1.82) is 0 Å². The van der Waals surface area contributed by atoms with Crippen LogP contribution in [0.15, 0.2) is 24.3 Å². The minimum atomic E-state index is 0.367. The first-order valence-electron chi connectivity index (χ1n) is 7.57. The average molecular weight is 261 g/mol. The Morgan fingerprint density at radius 2 is 2.05 bits per heavy atom. The van der Waals surface area contributed by atoms with E-state index in [1.807, 2.05) is 7.11 Å². The number of benzene rings is 1. The van der Waals surface area contributed by atoms with E-state index in [1.165, 1.54) is 30.4 Å². The van der Waals surface area contributed by atoms with Crippen LogP contribution in [-0.4, -0.2) is 25.8 Å². The van der Waals surface area contributed by atoms with Crippen molar-refractivity contribution in [3.63, 3.8) is 0 Å². The second-order valence-corrected chi connectivity index (χ2v) is 5.73. The molecule has 0 heterocycles. The molecule has 2 nitrogen and oxygen atoms in total. The molecule has 2 heteroatoms. The van der Waals surface area contributed by atoms with Gasteiger partial charge in [-0.15, -0.1) is 0 Å². The fourth-order valence-corrected chi connectivity index (χ4v) is 2.82. The number of methoxy groups -OCH3 is 1. The molecule has 1 aliphatic rings. The third-order valence-electron chi connectivity index (χ3n) is 4.11. The lowest BCUT2D eigenvalue weighted by molar-refractivity contribution is 0.0511. The first-order valence-corrected chi connectivity index (χ1v) is 7.57. The van der Waals surface area contributed by atoms with E-state index in [0.29, 0.717) is 12.1 Å². The van der Waals surface area contributed by atoms with Crippen LogP contribution in [-0.2, 0) is 11.2 Å². The molecule has 106 valence electrons. The Kier molecular flexibility index (Phi) is 5.41. The van der Waals surface area contributed by atoms with Gasteiger partial charge in [-0.25, -0.2) is 0 Å². The van der Waals surface area contributed by atoms with E-state index >= 15 is 0 Å². The van der Waals surface area contributed by atoms with Crippen molar-refractivity contribution in [3.8, 4) is 0 Å². The molecule has 1 aliphatic carbocycles. The smallest absolute Gasteiger partial charge is 0.0755 e. The topological polar surface area (TPSA) is 21.3 Å². The Balaban J connectivity index is 2.06. The molecule has 2 unspecified atom stereocenters. The third kappa shape index (κ3) is 4.05. The quantitative estimate of drug-likeness (QED) is 0.775. The van der Waals surface area contributed by atoms with Gasteiger partial charge in [0.2, 0.25) is 0 Å². The molecule has 1 aromatic carbocycles. The first-order chi connectivity index (χ1) is 9.26. The summed E-state index contributed by atoms with van der Waals surface area (Å²) in [6.07, 6.45) is 5.27. The van der Waals surface area contributed by atoms with Crippen LogP contribution in [0, 0.1) is 12.8 Å². The molecule has 1 N–H and O–H groups in total. The summed E-state index contributed by atoms with van der Waals surface area (Å²) < 4.78 is 5.78. The Morgan fingerprint density at radius 3 is 2.63 bits per heavy atom. The molecule has 0 aliphatic heterocycles. The van der Waals surface area contributed by atoms with Crippen LogP contribution in [0.4, 0.5) is 0 Å². The van der Waals surface area contributed by atoms with Crippen LogP contribution in [0.1, 0.15) is 37.3 Å². The lowest BCUT2D eigenvalue weighted by Crippen LogP contribution is -2.44. The van der Waals surface area contributed by atoms with Crippen LogP contribution in [0.5, 0.6) is 0 Å². The van der Waals surface area contributed by atoms with Gasteiger partial charge in [0.25, 0.3) is 0 Å². The highest BCUT2D eigenvalue weighted by molar-refractivity contribution is 5.26. The number of aryl methyl sites for hydroxylation is 1. The number of hydrogen-bond acceptors (Lipinski definition) is 2. The highest BCUT2D eigenvalue weighted by Crippen LogP contribution is 2.36. The Bertz CT molecular complexity index is 387. The zero-order chi connectivity index (χ0) is 13.7. The third-order valence-corrected chi connectivity index (χ3v) is 4.11. The lowest BCUT2D eigenvalue weighted by atomic mass is 9.95. The summed E-state index contributed by atoms with van der Waals surface area (Å²) in [4.78, 5) is 0. The molecule has 0 bridgehead atoms. The molecule has 1 saturated carbocycles. The Hall–Kier alpha value is -0.860. The van der Waals surface area contributed by atoms with Crippen molar-refractivity contribution in [2.24, 2.45) is 5.92 Å². The van der Waals surface area contributed by atoms with Crippen LogP contribution in [0.25, 0.3) is 0 Å². The second-order valence-electron chi connectivity index (χ2n) is 5.73. The molecule has 2 atom stereocenters. The SMILES string of the molecule is CCCNC(Cc1ccccc1C)C(OC)C1CC1. The molecule has 0 radical (unpaired) electrons. The van der Waals surface area contributed by atoms with Gasteiger partial charge in [0.1, 0.15) is 0 Å². The van der Waals surface area contributed by atoms with Gasteiger partial charge in [-0.1, -0.05) is 31.2 Å². The highest BCUT2D eigenvalue weighted by atomic mass is 16.5. The fraction of sp³-hybridized carbons (Fsp3) is 0.647. The van der Waals surface area contributed by atoms with E-state index < -0.39 is 0 Å². The van der Waals surface area contributed by atoms with Gasteiger partial charge >= 0.3 is 0 Å². The summed E-state index contributed by atoms with van der Waals surface area (Å²) in [5, 5.41) is 3.69. The van der Waals surface area contributed by atoms with Crippen molar-refractivity contribution < 1.29 is 4.74 Å². The van der Waals surface area contributed by atoms with Gasteiger partial charge in [-0.3, -0.25) is 0 Å². The summed E-state index contributed by atoms with van der Waals surface area (Å²) >= 11 is 0. The van der Waals surface area contributed by atoms with Gasteiger partial charge in [0, 0.05) is 13.2 Å². The van der Waals surface area contributed by atoms with E-state index in [4.69, 9.17) is 4.74 Å². The summed E-state index contributed by atoms with van der Waals surface area (Å²) in [6, 6.07) is 9.14. The molecule has 19 heavy (non-hydrogen) atoms. The molecule has 0 amide bonds. The Morgan fingerprint density at radius 1 is 1.32 bits per heavy atom. The van der Waals surface area contributed by atoms with Crippen molar-refractivity contribution in [2.75, 3.05) is 13.7 Å². The summed E-state index contributed by atoms with van der Waals surface area (Å²) in [6.45, 7) is 5.49. The van der Waals surface area contributed by atoms with E-state index in [-0.39, 0.29) is 0 Å². The second kappa shape index (κ2) is 7.06. The van der Waals surface area contributed by atoms with Crippen LogP contribution in [0.3, 0.4) is 0 Å². The molecule has 1 aromatic rings. The first kappa shape index (κ1) is 14.5. The summed E-state index contributed by atoms with van der Waals surface area (Å²) in [5.41, 5.74) is 2.83. The van der Waals surface area contributed by atoms with E-state index in [1.54, 1.807) is 0 Å². The van der Waals surface area contributed by atoms with E-state index in [9.17, 15) is 0 Å². The van der Waals surface area contributed by atoms with Crippen molar-refractivity contribution in [2.45, 2.75) is 51.7 Å². The van der Waals surface area contributed by atoms with Crippen molar-refractivity contribution in [1.82, 2.24) is 5.32 Å². The monoisotopic (exact) mass is 261 g/mol. The molecular weight excluding hydrogens is 234 g/mol. The van der Waals surface area contributed by atoms with Crippen LogP contribution in [0.2, 0.25) is 0 Å². The lowest BCUT2D eigenvalue weighted by Gasteiger charge is -2.28. The molecule has 1 fully saturated rings.